The first-order valence-electron chi connectivity index (χ1n) is 4.69. The number of hydrogen-bond acceptors (Lipinski definition) is 2. The zero-order chi connectivity index (χ0) is 11.6. The summed E-state index contributed by atoms with van der Waals surface area (Å²) in [5.41, 5.74) is 3.48. The van der Waals surface area contributed by atoms with E-state index in [2.05, 4.69) is 0 Å². The molecule has 0 bridgehead atoms. The first-order chi connectivity index (χ1) is 6.99. The highest BCUT2D eigenvalue weighted by molar-refractivity contribution is 6.51. The fourth-order valence-corrected chi connectivity index (χ4v) is 1.53. The molecule has 2 nitrogen and oxygen atoms in total. The largest absolute Gasteiger partial charge is 0.289 e. The SMILES string of the molecule is Cc1ccc(C(=O)C(=O)CCl)c(C)c1C. The van der Waals surface area contributed by atoms with Gasteiger partial charge in [-0.05, 0) is 37.5 Å². The maximum Gasteiger partial charge on any atom is 0.230 e. The molecule has 1 aromatic rings. The molecule has 15 heavy (non-hydrogen) atoms. The summed E-state index contributed by atoms with van der Waals surface area (Å²) in [6.07, 6.45) is 0. The van der Waals surface area contributed by atoms with Crippen molar-refractivity contribution < 1.29 is 9.59 Å². The second kappa shape index (κ2) is 4.58. The van der Waals surface area contributed by atoms with E-state index in [-0.39, 0.29) is 5.88 Å². The van der Waals surface area contributed by atoms with Gasteiger partial charge < -0.3 is 0 Å². The average Bonchev–Trinajstić information content (AvgIpc) is 2.24. The first kappa shape index (κ1) is 11.9. The number of ketones is 2. The van der Waals surface area contributed by atoms with Gasteiger partial charge in [-0.1, -0.05) is 12.1 Å². The van der Waals surface area contributed by atoms with Crippen molar-refractivity contribution in [3.63, 3.8) is 0 Å². The van der Waals surface area contributed by atoms with Crippen LogP contribution in [0.2, 0.25) is 0 Å². The first-order valence-corrected chi connectivity index (χ1v) is 5.22. The summed E-state index contributed by atoms with van der Waals surface area (Å²) in [6.45, 7) is 5.75. The van der Waals surface area contributed by atoms with Crippen molar-refractivity contribution in [1.29, 1.82) is 0 Å². The molecular weight excluding hydrogens is 212 g/mol. The van der Waals surface area contributed by atoms with Crippen LogP contribution < -0.4 is 0 Å². The van der Waals surface area contributed by atoms with E-state index in [1.165, 1.54) is 0 Å². The van der Waals surface area contributed by atoms with Gasteiger partial charge in [0, 0.05) is 5.56 Å². The highest BCUT2D eigenvalue weighted by Crippen LogP contribution is 2.17. The monoisotopic (exact) mass is 224 g/mol. The van der Waals surface area contributed by atoms with E-state index < -0.39 is 11.6 Å². The standard InChI is InChI=1S/C12H13ClO2/c1-7-4-5-10(9(3)8(7)2)12(15)11(14)6-13/h4-5H,6H2,1-3H3. The summed E-state index contributed by atoms with van der Waals surface area (Å²) in [6, 6.07) is 3.53. The van der Waals surface area contributed by atoms with Crippen LogP contribution in [0.1, 0.15) is 27.0 Å². The van der Waals surface area contributed by atoms with Crippen molar-refractivity contribution in [3.05, 3.63) is 34.4 Å². The number of hydrogen-bond donors (Lipinski definition) is 0. The van der Waals surface area contributed by atoms with Gasteiger partial charge in [0.1, 0.15) is 0 Å². The highest BCUT2D eigenvalue weighted by atomic mass is 35.5. The second-order valence-corrected chi connectivity index (χ2v) is 3.83. The lowest BCUT2D eigenvalue weighted by atomic mass is 9.95. The quantitative estimate of drug-likeness (QED) is 0.449. The molecule has 0 saturated heterocycles. The van der Waals surface area contributed by atoms with Gasteiger partial charge in [0.2, 0.25) is 11.6 Å². The Labute approximate surface area is 94.2 Å². The van der Waals surface area contributed by atoms with Crippen LogP contribution in [0.4, 0.5) is 0 Å². The molecule has 3 heteroatoms. The number of aryl methyl sites for hydroxylation is 1. The van der Waals surface area contributed by atoms with Crippen LogP contribution in [-0.4, -0.2) is 17.4 Å². The van der Waals surface area contributed by atoms with Gasteiger partial charge in [0.15, 0.2) is 0 Å². The Bertz CT molecular complexity index is 422. The van der Waals surface area contributed by atoms with E-state index in [1.54, 1.807) is 6.07 Å². The molecule has 0 aliphatic rings. The van der Waals surface area contributed by atoms with Crippen LogP contribution in [0.3, 0.4) is 0 Å². The fourth-order valence-electron chi connectivity index (χ4n) is 1.41. The Morgan fingerprint density at radius 2 is 1.73 bits per heavy atom. The molecule has 0 saturated carbocycles. The summed E-state index contributed by atoms with van der Waals surface area (Å²) in [5, 5.41) is 0. The van der Waals surface area contributed by atoms with E-state index in [1.807, 2.05) is 26.8 Å². The van der Waals surface area contributed by atoms with E-state index in [0.717, 1.165) is 16.7 Å². The molecule has 0 heterocycles. The Morgan fingerprint density at radius 3 is 2.27 bits per heavy atom. The fraction of sp³-hybridized carbons (Fsp3) is 0.333. The van der Waals surface area contributed by atoms with Gasteiger partial charge in [-0.15, -0.1) is 11.6 Å². The van der Waals surface area contributed by atoms with Gasteiger partial charge in [0.05, 0.1) is 5.88 Å². The third kappa shape index (κ3) is 2.26. The summed E-state index contributed by atoms with van der Waals surface area (Å²) >= 11 is 5.35. The molecule has 0 atom stereocenters. The summed E-state index contributed by atoms with van der Waals surface area (Å²) in [4.78, 5) is 22.8. The minimum absolute atomic E-state index is 0.259. The Morgan fingerprint density at radius 1 is 1.13 bits per heavy atom. The number of Topliss-reactive ketones (excluding diaryl/α,β-unsaturated/α-hetero) is 2. The zero-order valence-corrected chi connectivity index (χ0v) is 9.81. The molecule has 0 aromatic heterocycles. The third-order valence-electron chi connectivity index (χ3n) is 2.68. The average molecular weight is 225 g/mol. The summed E-state index contributed by atoms with van der Waals surface area (Å²) in [7, 11) is 0. The molecular formula is C12H13ClO2. The second-order valence-electron chi connectivity index (χ2n) is 3.57. The van der Waals surface area contributed by atoms with E-state index in [4.69, 9.17) is 11.6 Å². The molecule has 0 radical (unpaired) electrons. The lowest BCUT2D eigenvalue weighted by molar-refractivity contribution is -0.112. The molecule has 80 valence electrons. The lowest BCUT2D eigenvalue weighted by Gasteiger charge is -2.08. The van der Waals surface area contributed by atoms with Gasteiger partial charge in [0.25, 0.3) is 0 Å². The molecule has 1 rings (SSSR count). The molecule has 1 aromatic carbocycles. The van der Waals surface area contributed by atoms with Crippen LogP contribution in [0, 0.1) is 20.8 Å². The molecule has 0 spiro atoms. The predicted molar refractivity (Wildman–Crippen MR) is 60.7 cm³/mol. The minimum Gasteiger partial charge on any atom is -0.289 e. The smallest absolute Gasteiger partial charge is 0.230 e. The van der Waals surface area contributed by atoms with Crippen molar-refractivity contribution in [1.82, 2.24) is 0 Å². The maximum atomic E-state index is 11.6. The normalized spacial score (nSPS) is 10.1. The lowest BCUT2D eigenvalue weighted by Crippen LogP contribution is -2.17. The third-order valence-corrected chi connectivity index (χ3v) is 2.92. The summed E-state index contributed by atoms with van der Waals surface area (Å²) < 4.78 is 0. The van der Waals surface area contributed by atoms with Gasteiger partial charge in [-0.2, -0.15) is 0 Å². The number of carbonyl (C=O) groups is 2. The number of rotatable bonds is 3. The molecule has 0 amide bonds. The van der Waals surface area contributed by atoms with Crippen molar-refractivity contribution in [2.45, 2.75) is 20.8 Å². The number of carbonyl (C=O) groups excluding carboxylic acids is 2. The molecule has 0 fully saturated rings. The predicted octanol–water partition coefficient (Wildman–Crippen LogP) is 2.60. The number of halogens is 1. The molecule has 0 aliphatic carbocycles. The van der Waals surface area contributed by atoms with Crippen molar-refractivity contribution in [2.75, 3.05) is 5.88 Å². The van der Waals surface area contributed by atoms with Gasteiger partial charge in [-0.25, -0.2) is 0 Å². The van der Waals surface area contributed by atoms with E-state index >= 15 is 0 Å². The minimum atomic E-state index is -0.553. The van der Waals surface area contributed by atoms with Crippen LogP contribution >= 0.6 is 11.6 Å². The molecule has 0 unspecified atom stereocenters. The molecule has 0 N–H and O–H groups in total. The van der Waals surface area contributed by atoms with Crippen LogP contribution in [0.25, 0.3) is 0 Å². The van der Waals surface area contributed by atoms with Gasteiger partial charge >= 0.3 is 0 Å². The summed E-state index contributed by atoms with van der Waals surface area (Å²) in [5.74, 6) is -1.31. The Balaban J connectivity index is 3.22. The van der Waals surface area contributed by atoms with Crippen molar-refractivity contribution >= 4 is 23.2 Å². The number of benzene rings is 1. The van der Waals surface area contributed by atoms with Gasteiger partial charge in [-0.3, -0.25) is 9.59 Å². The van der Waals surface area contributed by atoms with Crippen LogP contribution in [-0.2, 0) is 4.79 Å². The zero-order valence-electron chi connectivity index (χ0n) is 9.06. The van der Waals surface area contributed by atoms with Crippen molar-refractivity contribution in [3.8, 4) is 0 Å². The van der Waals surface area contributed by atoms with Crippen LogP contribution in [0.5, 0.6) is 0 Å². The Kier molecular flexibility index (Phi) is 3.64. The maximum absolute atomic E-state index is 11.6. The van der Waals surface area contributed by atoms with Crippen molar-refractivity contribution in [2.24, 2.45) is 0 Å². The van der Waals surface area contributed by atoms with E-state index in [0.29, 0.717) is 5.56 Å². The Hall–Kier alpha value is -1.15. The highest BCUT2D eigenvalue weighted by Gasteiger charge is 2.18. The van der Waals surface area contributed by atoms with E-state index in [9.17, 15) is 9.59 Å². The topological polar surface area (TPSA) is 34.1 Å². The molecule has 0 aliphatic heterocycles. The van der Waals surface area contributed by atoms with Crippen LogP contribution in [0.15, 0.2) is 12.1 Å². The number of alkyl halides is 1.